The van der Waals surface area contributed by atoms with Gasteiger partial charge in [0.1, 0.15) is 17.3 Å². The second-order valence-corrected chi connectivity index (χ2v) is 6.35. The third-order valence-electron chi connectivity index (χ3n) is 3.27. The van der Waals surface area contributed by atoms with Gasteiger partial charge in [-0.1, -0.05) is 23.7 Å². The number of halogens is 1. The number of hydrogen-bond acceptors (Lipinski definition) is 5. The third kappa shape index (κ3) is 4.10. The number of hydrogen-bond donors (Lipinski definition) is 1. The van der Waals surface area contributed by atoms with Gasteiger partial charge in [0.15, 0.2) is 0 Å². The Morgan fingerprint density at radius 2 is 2.04 bits per heavy atom. The minimum absolute atomic E-state index is 0.290. The van der Waals surface area contributed by atoms with Crippen LogP contribution in [0.5, 0.6) is 5.75 Å². The lowest BCUT2D eigenvalue weighted by atomic mass is 10.1. The molecule has 2 aromatic heterocycles. The molecule has 0 spiro atoms. The van der Waals surface area contributed by atoms with E-state index in [1.54, 1.807) is 24.6 Å². The zero-order chi connectivity index (χ0) is 16.9. The molecule has 2 heterocycles. The molecule has 3 aromatic rings. The Bertz CT molecular complexity index is 832. The first-order chi connectivity index (χ1) is 11.6. The molecule has 0 fully saturated rings. The lowest BCUT2D eigenvalue weighted by Gasteiger charge is -2.02. The van der Waals surface area contributed by atoms with Gasteiger partial charge in [-0.25, -0.2) is 9.97 Å². The van der Waals surface area contributed by atoms with E-state index in [-0.39, 0.29) is 5.91 Å². The molecule has 0 unspecified atom stereocenters. The highest BCUT2D eigenvalue weighted by atomic mass is 35.5. The molecule has 1 amide bonds. The third-order valence-corrected chi connectivity index (χ3v) is 4.34. The summed E-state index contributed by atoms with van der Waals surface area (Å²) in [4.78, 5) is 20.6. The van der Waals surface area contributed by atoms with Crippen LogP contribution in [0.2, 0.25) is 5.02 Å². The molecular formula is C17H14ClN3O2S. The average molecular weight is 360 g/mol. The predicted octanol–water partition coefficient (Wildman–Crippen LogP) is 4.04. The van der Waals surface area contributed by atoms with Crippen molar-refractivity contribution in [1.29, 1.82) is 0 Å². The SMILES string of the molecule is COc1ccc(Cc2nc(C(=O)Nc3ccc(Cl)cn3)cs2)cc1. The number of ether oxygens (including phenoxy) is 1. The summed E-state index contributed by atoms with van der Waals surface area (Å²) in [6.07, 6.45) is 2.15. The van der Waals surface area contributed by atoms with E-state index in [4.69, 9.17) is 16.3 Å². The summed E-state index contributed by atoms with van der Waals surface area (Å²) in [6.45, 7) is 0. The van der Waals surface area contributed by atoms with Gasteiger partial charge in [-0.2, -0.15) is 0 Å². The maximum absolute atomic E-state index is 12.2. The quantitative estimate of drug-likeness (QED) is 0.746. The van der Waals surface area contributed by atoms with Crippen molar-refractivity contribution in [2.45, 2.75) is 6.42 Å². The Balaban J connectivity index is 1.65. The number of aromatic nitrogens is 2. The van der Waals surface area contributed by atoms with Crippen LogP contribution in [-0.2, 0) is 6.42 Å². The Labute approximate surface area is 148 Å². The van der Waals surface area contributed by atoms with Gasteiger partial charge in [-0.3, -0.25) is 4.79 Å². The van der Waals surface area contributed by atoms with Crippen LogP contribution in [0.4, 0.5) is 5.82 Å². The summed E-state index contributed by atoms with van der Waals surface area (Å²) in [6, 6.07) is 11.1. The zero-order valence-electron chi connectivity index (χ0n) is 12.8. The van der Waals surface area contributed by atoms with Crippen LogP contribution in [0, 0.1) is 0 Å². The fourth-order valence-corrected chi connectivity index (χ4v) is 2.96. The van der Waals surface area contributed by atoms with E-state index in [0.717, 1.165) is 16.3 Å². The van der Waals surface area contributed by atoms with Gasteiger partial charge in [-0.15, -0.1) is 11.3 Å². The molecule has 3 rings (SSSR count). The Kier molecular flexibility index (Phi) is 5.08. The highest BCUT2D eigenvalue weighted by Crippen LogP contribution is 2.18. The molecule has 0 radical (unpaired) electrons. The molecule has 0 bridgehead atoms. The van der Waals surface area contributed by atoms with E-state index < -0.39 is 0 Å². The highest BCUT2D eigenvalue weighted by molar-refractivity contribution is 7.09. The molecule has 0 saturated carbocycles. The predicted molar refractivity (Wildman–Crippen MR) is 95.1 cm³/mol. The van der Waals surface area contributed by atoms with Crippen LogP contribution in [0.3, 0.4) is 0 Å². The van der Waals surface area contributed by atoms with Crippen molar-refractivity contribution in [3.63, 3.8) is 0 Å². The standard InChI is InChI=1S/C17H14ClN3O2S/c1-23-13-5-2-11(3-6-13)8-16-20-14(10-24-16)17(22)21-15-7-4-12(18)9-19-15/h2-7,9-10H,8H2,1H3,(H,19,21,22). The molecule has 0 aliphatic heterocycles. The van der Waals surface area contributed by atoms with Gasteiger partial charge in [0.05, 0.1) is 17.1 Å². The first-order valence-electron chi connectivity index (χ1n) is 7.14. The number of methoxy groups -OCH3 is 1. The highest BCUT2D eigenvalue weighted by Gasteiger charge is 2.12. The molecule has 0 aliphatic carbocycles. The van der Waals surface area contributed by atoms with Gasteiger partial charge >= 0.3 is 0 Å². The number of thiazole rings is 1. The number of nitrogens with zero attached hydrogens (tertiary/aromatic N) is 2. The Morgan fingerprint density at radius 1 is 1.25 bits per heavy atom. The van der Waals surface area contributed by atoms with Crippen LogP contribution in [0.25, 0.3) is 0 Å². The van der Waals surface area contributed by atoms with E-state index >= 15 is 0 Å². The molecule has 1 N–H and O–H groups in total. The smallest absolute Gasteiger partial charge is 0.276 e. The molecule has 0 saturated heterocycles. The van der Waals surface area contributed by atoms with Crippen molar-refractivity contribution >= 4 is 34.7 Å². The van der Waals surface area contributed by atoms with Crippen LogP contribution in [0.1, 0.15) is 21.1 Å². The minimum Gasteiger partial charge on any atom is -0.497 e. The van der Waals surface area contributed by atoms with Gasteiger partial charge in [0, 0.05) is 18.0 Å². The molecule has 5 nitrogen and oxygen atoms in total. The number of rotatable bonds is 5. The summed E-state index contributed by atoms with van der Waals surface area (Å²) < 4.78 is 5.14. The van der Waals surface area contributed by atoms with Gasteiger partial charge in [0.2, 0.25) is 0 Å². The molecule has 24 heavy (non-hydrogen) atoms. The van der Waals surface area contributed by atoms with Crippen molar-refractivity contribution in [3.05, 3.63) is 69.3 Å². The monoisotopic (exact) mass is 359 g/mol. The molecule has 0 atom stereocenters. The first-order valence-corrected chi connectivity index (χ1v) is 8.40. The normalized spacial score (nSPS) is 10.4. The van der Waals surface area contributed by atoms with Crippen LogP contribution >= 0.6 is 22.9 Å². The summed E-state index contributed by atoms with van der Waals surface area (Å²) in [5.74, 6) is 0.963. The van der Waals surface area contributed by atoms with Crippen molar-refractivity contribution in [3.8, 4) is 5.75 Å². The van der Waals surface area contributed by atoms with Crippen LogP contribution in [-0.4, -0.2) is 23.0 Å². The van der Waals surface area contributed by atoms with E-state index in [2.05, 4.69) is 15.3 Å². The van der Waals surface area contributed by atoms with Gasteiger partial charge in [0.25, 0.3) is 5.91 Å². The molecule has 7 heteroatoms. The number of pyridine rings is 1. The summed E-state index contributed by atoms with van der Waals surface area (Å²) >= 11 is 7.22. The lowest BCUT2D eigenvalue weighted by Crippen LogP contribution is -2.13. The lowest BCUT2D eigenvalue weighted by molar-refractivity contribution is 0.102. The van der Waals surface area contributed by atoms with Crippen molar-refractivity contribution in [1.82, 2.24) is 9.97 Å². The van der Waals surface area contributed by atoms with E-state index in [1.807, 2.05) is 24.3 Å². The van der Waals surface area contributed by atoms with Crippen LogP contribution in [0.15, 0.2) is 48.0 Å². The largest absolute Gasteiger partial charge is 0.497 e. The summed E-state index contributed by atoms with van der Waals surface area (Å²) in [5, 5.41) is 5.82. The Hall–Kier alpha value is -2.44. The van der Waals surface area contributed by atoms with E-state index in [0.29, 0.717) is 23.0 Å². The topological polar surface area (TPSA) is 64.1 Å². The molecule has 1 aromatic carbocycles. The fraction of sp³-hybridized carbons (Fsp3) is 0.118. The maximum Gasteiger partial charge on any atom is 0.276 e. The molecule has 122 valence electrons. The van der Waals surface area contributed by atoms with Gasteiger partial charge in [-0.05, 0) is 29.8 Å². The van der Waals surface area contributed by atoms with Crippen molar-refractivity contribution in [2.75, 3.05) is 12.4 Å². The summed E-state index contributed by atoms with van der Waals surface area (Å²) in [5.41, 5.74) is 1.48. The number of carbonyl (C=O) groups is 1. The maximum atomic E-state index is 12.2. The first kappa shape index (κ1) is 16.4. The zero-order valence-corrected chi connectivity index (χ0v) is 14.4. The van der Waals surface area contributed by atoms with E-state index in [9.17, 15) is 4.79 Å². The Morgan fingerprint density at radius 3 is 2.71 bits per heavy atom. The minimum atomic E-state index is -0.290. The summed E-state index contributed by atoms with van der Waals surface area (Å²) in [7, 11) is 1.64. The number of amides is 1. The fourth-order valence-electron chi connectivity index (χ4n) is 2.04. The van der Waals surface area contributed by atoms with E-state index in [1.165, 1.54) is 17.5 Å². The van der Waals surface area contributed by atoms with Crippen molar-refractivity contribution in [2.24, 2.45) is 0 Å². The number of nitrogens with one attached hydrogen (secondary N) is 1. The molecule has 0 aliphatic rings. The second kappa shape index (κ2) is 7.42. The van der Waals surface area contributed by atoms with Crippen molar-refractivity contribution < 1.29 is 9.53 Å². The van der Waals surface area contributed by atoms with Gasteiger partial charge < -0.3 is 10.1 Å². The molecular weight excluding hydrogens is 346 g/mol. The number of benzene rings is 1. The van der Waals surface area contributed by atoms with Crippen LogP contribution < -0.4 is 10.1 Å². The second-order valence-electron chi connectivity index (χ2n) is 4.97. The average Bonchev–Trinajstić information content (AvgIpc) is 3.06. The number of anilines is 1. The number of carbonyl (C=O) groups excluding carboxylic acids is 1.